The van der Waals surface area contributed by atoms with E-state index in [0.717, 1.165) is 16.3 Å². The molecule has 5 heteroatoms. The van der Waals surface area contributed by atoms with Crippen LogP contribution in [-0.2, 0) is 16.0 Å². The zero-order valence-electron chi connectivity index (χ0n) is 14.4. The number of carbonyl (C=O) groups excluding carboxylic acids is 1. The van der Waals surface area contributed by atoms with E-state index < -0.39 is 5.97 Å². The van der Waals surface area contributed by atoms with Crippen molar-refractivity contribution in [1.82, 2.24) is 0 Å². The zero-order valence-corrected chi connectivity index (χ0v) is 14.4. The fraction of sp³-hybridized carbons (Fsp3) is 0.286. The number of carboxylic acid groups (broad SMARTS) is 1. The molecule has 0 radical (unpaired) electrons. The summed E-state index contributed by atoms with van der Waals surface area (Å²) in [7, 11) is 0. The van der Waals surface area contributed by atoms with Gasteiger partial charge in [-0.3, -0.25) is 14.6 Å². The Kier molecular flexibility index (Phi) is 5.46. The van der Waals surface area contributed by atoms with Crippen LogP contribution in [0.5, 0.6) is 0 Å². The molecule has 1 fully saturated rings. The van der Waals surface area contributed by atoms with Crippen molar-refractivity contribution in [2.24, 2.45) is 4.99 Å². The SMILES string of the molecule is O=C(O)CCN=C1CCCC(=O)/C1=C(/O)Cc1cccc2ccccc12. The minimum atomic E-state index is -0.929. The Balaban J connectivity index is 1.94. The minimum absolute atomic E-state index is 0.0140. The van der Waals surface area contributed by atoms with Gasteiger partial charge >= 0.3 is 5.97 Å². The Morgan fingerprint density at radius 1 is 1.04 bits per heavy atom. The molecular weight excluding hydrogens is 330 g/mol. The number of aliphatic hydroxyl groups is 1. The third kappa shape index (κ3) is 3.99. The van der Waals surface area contributed by atoms with Crippen LogP contribution in [0.25, 0.3) is 10.8 Å². The summed E-state index contributed by atoms with van der Waals surface area (Å²) < 4.78 is 0. The van der Waals surface area contributed by atoms with Gasteiger partial charge in [0.05, 0.1) is 12.0 Å². The molecule has 0 bridgehead atoms. The van der Waals surface area contributed by atoms with Crippen molar-refractivity contribution in [1.29, 1.82) is 0 Å². The lowest BCUT2D eigenvalue weighted by Crippen LogP contribution is -2.22. The predicted molar refractivity (Wildman–Crippen MR) is 101 cm³/mol. The third-order valence-corrected chi connectivity index (χ3v) is 4.54. The summed E-state index contributed by atoms with van der Waals surface area (Å²) in [4.78, 5) is 27.3. The molecule has 0 atom stereocenters. The average Bonchev–Trinajstić information content (AvgIpc) is 2.62. The lowest BCUT2D eigenvalue weighted by atomic mass is 9.88. The van der Waals surface area contributed by atoms with Crippen molar-refractivity contribution < 1.29 is 19.8 Å². The Bertz CT molecular complexity index is 906. The van der Waals surface area contributed by atoms with Gasteiger partial charge in [0, 0.05) is 25.1 Å². The summed E-state index contributed by atoms with van der Waals surface area (Å²) in [5, 5.41) is 21.6. The number of aliphatic imine (C=N–C) groups is 1. The van der Waals surface area contributed by atoms with E-state index in [2.05, 4.69) is 4.99 Å². The van der Waals surface area contributed by atoms with E-state index in [0.29, 0.717) is 25.0 Å². The fourth-order valence-electron chi connectivity index (χ4n) is 3.31. The molecule has 5 nitrogen and oxygen atoms in total. The molecule has 0 unspecified atom stereocenters. The number of carboxylic acids is 1. The van der Waals surface area contributed by atoms with Crippen molar-refractivity contribution in [3.05, 3.63) is 59.4 Å². The van der Waals surface area contributed by atoms with Crippen LogP contribution in [0, 0.1) is 0 Å². The quantitative estimate of drug-likeness (QED) is 0.632. The smallest absolute Gasteiger partial charge is 0.305 e. The maximum atomic E-state index is 12.4. The lowest BCUT2D eigenvalue weighted by molar-refractivity contribution is -0.136. The molecule has 0 saturated heterocycles. The summed E-state index contributed by atoms with van der Waals surface area (Å²) >= 11 is 0. The predicted octanol–water partition coefficient (Wildman–Crippen LogP) is 3.86. The zero-order chi connectivity index (χ0) is 18.5. The Hall–Kier alpha value is -2.95. The first-order valence-electron chi connectivity index (χ1n) is 8.73. The molecular formula is C21H21NO4. The minimum Gasteiger partial charge on any atom is -0.511 e. The Morgan fingerprint density at radius 2 is 1.81 bits per heavy atom. The van der Waals surface area contributed by atoms with Crippen molar-refractivity contribution >= 4 is 28.2 Å². The summed E-state index contributed by atoms with van der Waals surface area (Å²) in [6, 6.07) is 13.8. The number of aliphatic carboxylic acids is 1. The van der Waals surface area contributed by atoms with Crippen LogP contribution in [0.15, 0.2) is 58.8 Å². The lowest BCUT2D eigenvalue weighted by Gasteiger charge is -2.18. The summed E-state index contributed by atoms with van der Waals surface area (Å²) in [5.41, 5.74) is 1.74. The Labute approximate surface area is 151 Å². The van der Waals surface area contributed by atoms with E-state index in [9.17, 15) is 14.7 Å². The molecule has 134 valence electrons. The molecule has 1 saturated carbocycles. The second-order valence-electron chi connectivity index (χ2n) is 6.39. The molecule has 2 aromatic carbocycles. The van der Waals surface area contributed by atoms with Crippen molar-refractivity contribution in [3.8, 4) is 0 Å². The van der Waals surface area contributed by atoms with Crippen LogP contribution < -0.4 is 0 Å². The Morgan fingerprint density at radius 3 is 2.62 bits per heavy atom. The highest BCUT2D eigenvalue weighted by molar-refractivity contribution is 6.24. The van der Waals surface area contributed by atoms with Crippen molar-refractivity contribution in [3.63, 3.8) is 0 Å². The molecule has 3 rings (SSSR count). The molecule has 1 aliphatic carbocycles. The van der Waals surface area contributed by atoms with Gasteiger partial charge in [0.15, 0.2) is 5.78 Å². The van der Waals surface area contributed by atoms with Crippen molar-refractivity contribution in [2.45, 2.75) is 32.1 Å². The van der Waals surface area contributed by atoms with Gasteiger partial charge in [-0.2, -0.15) is 0 Å². The molecule has 26 heavy (non-hydrogen) atoms. The van der Waals surface area contributed by atoms with Gasteiger partial charge in [0.25, 0.3) is 0 Å². The van der Waals surface area contributed by atoms with Crippen LogP contribution in [0.4, 0.5) is 0 Å². The van der Waals surface area contributed by atoms with Crippen LogP contribution in [0.1, 0.15) is 31.2 Å². The van der Waals surface area contributed by atoms with Gasteiger partial charge in [-0.15, -0.1) is 0 Å². The van der Waals surface area contributed by atoms with Crippen LogP contribution in [0.3, 0.4) is 0 Å². The second kappa shape index (κ2) is 7.95. The molecule has 0 aromatic heterocycles. The number of fused-ring (bicyclic) bond motifs is 1. The number of carbonyl (C=O) groups is 2. The van der Waals surface area contributed by atoms with Crippen LogP contribution >= 0.6 is 0 Å². The van der Waals surface area contributed by atoms with E-state index in [1.54, 1.807) is 0 Å². The normalized spacial score (nSPS) is 18.3. The first kappa shape index (κ1) is 17.9. The molecule has 0 heterocycles. The van der Waals surface area contributed by atoms with E-state index in [4.69, 9.17) is 5.11 Å². The van der Waals surface area contributed by atoms with Gasteiger partial charge in [-0.25, -0.2) is 0 Å². The molecule has 2 N–H and O–H groups in total. The van der Waals surface area contributed by atoms with Crippen molar-refractivity contribution in [2.75, 3.05) is 6.54 Å². The second-order valence-corrected chi connectivity index (χ2v) is 6.39. The average molecular weight is 351 g/mol. The van der Waals surface area contributed by atoms with E-state index in [1.807, 2.05) is 42.5 Å². The highest BCUT2D eigenvalue weighted by Crippen LogP contribution is 2.25. The highest BCUT2D eigenvalue weighted by Gasteiger charge is 2.25. The van der Waals surface area contributed by atoms with E-state index in [1.165, 1.54) is 0 Å². The van der Waals surface area contributed by atoms with Gasteiger partial charge in [-0.05, 0) is 29.2 Å². The number of rotatable bonds is 5. The summed E-state index contributed by atoms with van der Waals surface area (Å²) in [6.07, 6.45) is 1.80. The number of benzene rings is 2. The largest absolute Gasteiger partial charge is 0.511 e. The number of Topliss-reactive ketones (excluding diaryl/α,β-unsaturated/α-hetero) is 1. The molecule has 0 amide bonds. The van der Waals surface area contributed by atoms with E-state index in [-0.39, 0.29) is 36.5 Å². The number of hydrogen-bond donors (Lipinski definition) is 2. The summed E-state index contributed by atoms with van der Waals surface area (Å²) in [5.74, 6) is -1.04. The number of allylic oxidation sites excluding steroid dienone is 2. The number of nitrogens with zero attached hydrogens (tertiary/aromatic N) is 1. The number of hydrogen-bond acceptors (Lipinski definition) is 4. The first-order valence-corrected chi connectivity index (χ1v) is 8.73. The number of aliphatic hydroxyl groups excluding tert-OH is 1. The monoisotopic (exact) mass is 351 g/mol. The summed E-state index contributed by atoms with van der Waals surface area (Å²) in [6.45, 7) is 0.114. The van der Waals surface area contributed by atoms with Gasteiger partial charge in [0.2, 0.25) is 0 Å². The number of ketones is 1. The molecule has 1 aliphatic rings. The fourth-order valence-corrected chi connectivity index (χ4v) is 3.31. The van der Waals surface area contributed by atoms with E-state index >= 15 is 0 Å². The molecule has 2 aromatic rings. The standard InChI is InChI=1S/C21H21NO4/c23-18-10-4-9-17(22-12-11-20(25)26)21(18)19(24)13-15-7-3-6-14-5-1-2-8-16(14)15/h1-3,5-8,24H,4,9-13H2,(H,25,26)/b21-19+,22-17?. The highest BCUT2D eigenvalue weighted by atomic mass is 16.4. The van der Waals surface area contributed by atoms with Gasteiger partial charge in [-0.1, -0.05) is 42.5 Å². The molecule has 0 aliphatic heterocycles. The van der Waals surface area contributed by atoms with Gasteiger partial charge < -0.3 is 10.2 Å². The maximum Gasteiger partial charge on any atom is 0.305 e. The van der Waals surface area contributed by atoms with Gasteiger partial charge in [0.1, 0.15) is 5.76 Å². The third-order valence-electron chi connectivity index (χ3n) is 4.54. The molecule has 0 spiro atoms. The van der Waals surface area contributed by atoms with Crippen LogP contribution in [-0.4, -0.2) is 34.2 Å². The first-order chi connectivity index (χ1) is 12.6. The van der Waals surface area contributed by atoms with Crippen LogP contribution in [0.2, 0.25) is 0 Å². The topological polar surface area (TPSA) is 87.0 Å². The maximum absolute atomic E-state index is 12.4.